The molecule has 1 aromatic carbocycles. The molecule has 0 spiro atoms. The lowest BCUT2D eigenvalue weighted by Crippen LogP contribution is -2.70. The summed E-state index contributed by atoms with van der Waals surface area (Å²) in [5, 5.41) is 0. The van der Waals surface area contributed by atoms with Gasteiger partial charge >= 0.3 is 36.0 Å². The molecule has 0 atom stereocenters. The lowest BCUT2D eigenvalue weighted by Gasteiger charge is -2.39. The summed E-state index contributed by atoms with van der Waals surface area (Å²) in [6.45, 7) is 0. The maximum absolute atomic E-state index is 13.3. The van der Waals surface area contributed by atoms with Crippen molar-refractivity contribution in [2.45, 2.75) is 36.0 Å². The quantitative estimate of drug-likeness (QED) is 0.511. The lowest BCUT2D eigenvalue weighted by molar-refractivity contribution is -0.456. The normalized spacial score (nSPS) is 15.0. The Morgan fingerprint density at radius 1 is 0.556 bits per heavy atom. The first kappa shape index (κ1) is 23.1. The van der Waals surface area contributed by atoms with Crippen molar-refractivity contribution in [3.8, 4) is 5.75 Å². The van der Waals surface area contributed by atoms with E-state index in [0.29, 0.717) is 6.07 Å². The van der Waals surface area contributed by atoms with Gasteiger partial charge in [-0.05, 0) is 12.1 Å². The second-order valence-corrected chi connectivity index (χ2v) is 4.84. The summed E-state index contributed by atoms with van der Waals surface area (Å²) in [6.07, 6.45) is -14.3. The van der Waals surface area contributed by atoms with E-state index in [0.717, 1.165) is 6.07 Å². The molecular formula is C12H4F14O. The minimum atomic E-state index is -8.04. The number of hydrogen-bond acceptors (Lipinski definition) is 1. The molecule has 0 aromatic heterocycles. The molecule has 27 heavy (non-hydrogen) atoms. The summed E-state index contributed by atoms with van der Waals surface area (Å²) < 4.78 is 182. The van der Waals surface area contributed by atoms with Crippen LogP contribution in [0.1, 0.15) is 0 Å². The van der Waals surface area contributed by atoms with Crippen LogP contribution in [0, 0.1) is 5.82 Å². The van der Waals surface area contributed by atoms with Crippen molar-refractivity contribution in [3.05, 3.63) is 30.1 Å². The number of para-hydroxylation sites is 1. The predicted octanol–water partition coefficient (Wildman–Crippen LogP) is 5.90. The van der Waals surface area contributed by atoms with Gasteiger partial charge in [-0.2, -0.15) is 57.1 Å². The SMILES string of the molecule is Fc1ccccc1OC(F)(F)C(F)(F)C(F)(F)C(F)(F)C(F)(F)C(F)(F)F. The van der Waals surface area contributed by atoms with Gasteiger partial charge in [-0.3, -0.25) is 0 Å². The molecule has 15 heteroatoms. The molecule has 0 aliphatic rings. The summed E-state index contributed by atoms with van der Waals surface area (Å²) in [4.78, 5) is 0. The topological polar surface area (TPSA) is 9.23 Å². The number of ether oxygens (including phenoxy) is 1. The summed E-state index contributed by atoms with van der Waals surface area (Å²) in [7, 11) is 0. The Labute approximate surface area is 139 Å². The molecule has 1 nitrogen and oxygen atoms in total. The average molecular weight is 430 g/mol. The molecule has 0 fully saturated rings. The van der Waals surface area contributed by atoms with Gasteiger partial charge in [-0.15, -0.1) is 0 Å². The van der Waals surface area contributed by atoms with Gasteiger partial charge in [0, 0.05) is 0 Å². The molecule has 0 amide bonds. The number of hydrogen-bond donors (Lipinski definition) is 0. The van der Waals surface area contributed by atoms with Crippen LogP contribution in [0.3, 0.4) is 0 Å². The molecule has 0 N–H and O–H groups in total. The largest absolute Gasteiger partial charge is 0.471 e. The minimum Gasteiger partial charge on any atom is -0.425 e. The van der Waals surface area contributed by atoms with Gasteiger partial charge in [-0.1, -0.05) is 12.1 Å². The van der Waals surface area contributed by atoms with Crippen molar-refractivity contribution in [2.75, 3.05) is 0 Å². The highest BCUT2D eigenvalue weighted by Gasteiger charge is 2.91. The van der Waals surface area contributed by atoms with Crippen LogP contribution in [0.15, 0.2) is 24.3 Å². The number of benzene rings is 1. The number of alkyl halides is 13. The first-order valence-corrected chi connectivity index (χ1v) is 6.13. The minimum absolute atomic E-state index is 0.139. The molecule has 0 aliphatic carbocycles. The predicted molar refractivity (Wildman–Crippen MR) is 57.8 cm³/mol. The molecule has 156 valence electrons. The number of halogens is 14. The molecule has 1 rings (SSSR count). The van der Waals surface area contributed by atoms with E-state index < -0.39 is 47.5 Å². The van der Waals surface area contributed by atoms with Crippen molar-refractivity contribution >= 4 is 0 Å². The maximum Gasteiger partial charge on any atom is 0.471 e. The van der Waals surface area contributed by atoms with Crippen molar-refractivity contribution in [2.24, 2.45) is 0 Å². The second-order valence-electron chi connectivity index (χ2n) is 4.84. The Hall–Kier alpha value is -1.96. The van der Waals surface area contributed by atoms with Gasteiger partial charge < -0.3 is 4.74 Å². The zero-order valence-electron chi connectivity index (χ0n) is 12.0. The van der Waals surface area contributed by atoms with Crippen LogP contribution in [0.2, 0.25) is 0 Å². The maximum atomic E-state index is 13.3. The Bertz CT molecular complexity index is 677. The van der Waals surface area contributed by atoms with Crippen LogP contribution in [0.5, 0.6) is 5.75 Å². The van der Waals surface area contributed by atoms with Gasteiger partial charge in [0.05, 0.1) is 0 Å². The summed E-state index contributed by atoms with van der Waals surface area (Å²) in [5.41, 5.74) is 0. The van der Waals surface area contributed by atoms with E-state index in [1.807, 2.05) is 0 Å². The fraction of sp³-hybridized carbons (Fsp3) is 0.500. The zero-order valence-corrected chi connectivity index (χ0v) is 12.0. The van der Waals surface area contributed by atoms with E-state index in [4.69, 9.17) is 0 Å². The van der Waals surface area contributed by atoms with Crippen molar-refractivity contribution in [1.29, 1.82) is 0 Å². The van der Waals surface area contributed by atoms with Crippen molar-refractivity contribution < 1.29 is 66.2 Å². The van der Waals surface area contributed by atoms with Crippen LogP contribution >= 0.6 is 0 Å². The summed E-state index contributed by atoms with van der Waals surface area (Å²) in [6, 6.07) is 1.82. The highest BCUT2D eigenvalue weighted by Crippen LogP contribution is 2.60. The van der Waals surface area contributed by atoms with E-state index in [1.165, 1.54) is 0 Å². The molecule has 0 radical (unpaired) electrons. The molecule has 1 aromatic rings. The van der Waals surface area contributed by atoms with Crippen molar-refractivity contribution in [3.63, 3.8) is 0 Å². The molecule has 0 heterocycles. The van der Waals surface area contributed by atoms with E-state index in [1.54, 1.807) is 0 Å². The van der Waals surface area contributed by atoms with Gasteiger partial charge in [0.15, 0.2) is 11.6 Å². The first-order chi connectivity index (χ1) is 11.7. The Morgan fingerprint density at radius 2 is 0.963 bits per heavy atom. The van der Waals surface area contributed by atoms with Gasteiger partial charge in [0.2, 0.25) is 0 Å². The zero-order chi connectivity index (χ0) is 21.7. The third-order valence-corrected chi connectivity index (χ3v) is 2.98. The third-order valence-electron chi connectivity index (χ3n) is 2.98. The van der Waals surface area contributed by atoms with Crippen LogP contribution < -0.4 is 4.74 Å². The Morgan fingerprint density at radius 3 is 1.37 bits per heavy atom. The lowest BCUT2D eigenvalue weighted by atomic mass is 9.97. The van der Waals surface area contributed by atoms with E-state index in [-0.39, 0.29) is 12.1 Å². The Balaban J connectivity index is 3.43. The molecule has 0 saturated carbocycles. The van der Waals surface area contributed by atoms with Gasteiger partial charge in [0.1, 0.15) is 0 Å². The average Bonchev–Trinajstić information content (AvgIpc) is 2.47. The summed E-state index contributed by atoms with van der Waals surface area (Å²) in [5.74, 6) is -35.3. The van der Waals surface area contributed by atoms with Crippen LogP contribution in [-0.4, -0.2) is 36.0 Å². The van der Waals surface area contributed by atoms with E-state index >= 15 is 0 Å². The van der Waals surface area contributed by atoms with Crippen LogP contribution in [-0.2, 0) is 0 Å². The molecule has 0 unspecified atom stereocenters. The number of rotatable bonds is 6. The third kappa shape index (κ3) is 3.35. The molecular weight excluding hydrogens is 426 g/mol. The second kappa shape index (κ2) is 6.29. The van der Waals surface area contributed by atoms with Crippen LogP contribution in [0.25, 0.3) is 0 Å². The van der Waals surface area contributed by atoms with E-state index in [9.17, 15) is 61.5 Å². The Kier molecular flexibility index (Phi) is 5.38. The highest BCUT2D eigenvalue weighted by molar-refractivity contribution is 5.24. The van der Waals surface area contributed by atoms with Crippen molar-refractivity contribution in [1.82, 2.24) is 0 Å². The van der Waals surface area contributed by atoms with E-state index in [2.05, 4.69) is 4.74 Å². The highest BCUT2D eigenvalue weighted by atomic mass is 19.4. The van der Waals surface area contributed by atoms with Crippen LogP contribution in [0.4, 0.5) is 61.5 Å². The smallest absolute Gasteiger partial charge is 0.425 e. The first-order valence-electron chi connectivity index (χ1n) is 6.13. The summed E-state index contributed by atoms with van der Waals surface area (Å²) >= 11 is 0. The van der Waals surface area contributed by atoms with Gasteiger partial charge in [-0.25, -0.2) is 4.39 Å². The fourth-order valence-corrected chi connectivity index (χ4v) is 1.48. The fourth-order valence-electron chi connectivity index (χ4n) is 1.48. The monoisotopic (exact) mass is 430 g/mol. The molecule has 0 aliphatic heterocycles. The molecule has 0 saturated heterocycles. The van der Waals surface area contributed by atoms with Gasteiger partial charge in [0.25, 0.3) is 0 Å². The molecule has 0 bridgehead atoms. The standard InChI is InChI=1S/C12H4F14O/c13-5-3-1-2-4-6(5)27-12(25,26)10(20,21)8(16,17)7(14,15)9(18,19)11(22,23)24/h1-4H.